The van der Waals surface area contributed by atoms with Crippen molar-refractivity contribution in [2.24, 2.45) is 0 Å². The zero-order valence-electron chi connectivity index (χ0n) is 9.59. The highest BCUT2D eigenvalue weighted by Gasteiger charge is 2.15. The topological polar surface area (TPSA) is 17.1 Å². The number of carbonyl (C=O) groups is 1. The van der Waals surface area contributed by atoms with Gasteiger partial charge in [-0.3, -0.25) is 4.79 Å². The molecule has 98 valence electrons. The lowest BCUT2D eigenvalue weighted by Crippen LogP contribution is -2.06. The minimum atomic E-state index is -0.566. The maximum absolute atomic E-state index is 13.7. The Morgan fingerprint density at radius 2 is 1.84 bits per heavy atom. The lowest BCUT2D eigenvalue weighted by Gasteiger charge is -2.06. The van der Waals surface area contributed by atoms with Crippen LogP contribution in [0.4, 0.5) is 4.39 Å². The molecule has 0 aliphatic rings. The van der Waals surface area contributed by atoms with E-state index >= 15 is 0 Å². The highest BCUT2D eigenvalue weighted by Crippen LogP contribution is 2.27. The third kappa shape index (κ3) is 3.16. The molecule has 2 aromatic rings. The number of carbonyl (C=O) groups excluding carboxylic acids is 1. The molecule has 0 heterocycles. The van der Waals surface area contributed by atoms with E-state index in [2.05, 4.69) is 15.9 Å². The number of halogens is 4. The van der Waals surface area contributed by atoms with Crippen molar-refractivity contribution < 1.29 is 9.18 Å². The van der Waals surface area contributed by atoms with Crippen molar-refractivity contribution in [3.05, 3.63) is 67.9 Å². The van der Waals surface area contributed by atoms with E-state index in [1.165, 1.54) is 12.1 Å². The number of benzene rings is 2. The Hall–Kier alpha value is -0.900. The first-order valence-electron chi connectivity index (χ1n) is 5.41. The van der Waals surface area contributed by atoms with Crippen molar-refractivity contribution in [3.63, 3.8) is 0 Å². The number of hydrogen-bond acceptors (Lipinski definition) is 1. The van der Waals surface area contributed by atoms with Gasteiger partial charge in [-0.1, -0.05) is 41.4 Å². The second kappa shape index (κ2) is 6.04. The maximum Gasteiger partial charge on any atom is 0.168 e. The van der Waals surface area contributed by atoms with Crippen LogP contribution in [0, 0.1) is 5.82 Å². The van der Waals surface area contributed by atoms with Crippen LogP contribution < -0.4 is 0 Å². The Kier molecular flexibility index (Phi) is 4.61. The number of rotatable bonds is 3. The van der Waals surface area contributed by atoms with E-state index < -0.39 is 5.82 Å². The van der Waals surface area contributed by atoms with Crippen LogP contribution in [-0.4, -0.2) is 5.78 Å². The first-order chi connectivity index (χ1) is 9.00. The van der Waals surface area contributed by atoms with E-state index in [4.69, 9.17) is 23.2 Å². The van der Waals surface area contributed by atoms with Crippen LogP contribution in [0.5, 0.6) is 0 Å². The molecule has 2 rings (SSSR count). The molecule has 0 saturated carbocycles. The van der Waals surface area contributed by atoms with Gasteiger partial charge in [0.1, 0.15) is 5.82 Å². The van der Waals surface area contributed by atoms with Crippen LogP contribution in [0.1, 0.15) is 15.9 Å². The monoisotopic (exact) mass is 360 g/mol. The first kappa shape index (κ1) is 14.5. The summed E-state index contributed by atoms with van der Waals surface area (Å²) in [5.74, 6) is -0.823. The summed E-state index contributed by atoms with van der Waals surface area (Å²) in [6.45, 7) is 0. The second-order valence-corrected chi connectivity index (χ2v) is 5.55. The highest BCUT2D eigenvalue weighted by atomic mass is 79.9. The summed E-state index contributed by atoms with van der Waals surface area (Å²) in [7, 11) is 0. The Morgan fingerprint density at radius 1 is 1.16 bits per heavy atom. The summed E-state index contributed by atoms with van der Waals surface area (Å²) >= 11 is 15.0. The zero-order chi connectivity index (χ0) is 14.0. The van der Waals surface area contributed by atoms with Crippen LogP contribution in [0.15, 0.2) is 40.9 Å². The van der Waals surface area contributed by atoms with Gasteiger partial charge in [-0.2, -0.15) is 0 Å². The third-order valence-electron chi connectivity index (χ3n) is 2.63. The molecule has 0 aliphatic carbocycles. The van der Waals surface area contributed by atoms with Gasteiger partial charge in [0.15, 0.2) is 5.78 Å². The fourth-order valence-corrected chi connectivity index (χ4v) is 2.46. The molecule has 0 saturated heterocycles. The molecule has 2 aromatic carbocycles. The molecule has 0 unspecified atom stereocenters. The van der Waals surface area contributed by atoms with Gasteiger partial charge in [-0.15, -0.1) is 0 Å². The van der Waals surface area contributed by atoms with Gasteiger partial charge in [-0.05, 0) is 39.7 Å². The lowest BCUT2D eigenvalue weighted by atomic mass is 10.0. The molecule has 0 radical (unpaired) electrons. The molecular weight excluding hydrogens is 354 g/mol. The lowest BCUT2D eigenvalue weighted by molar-refractivity contribution is 0.0992. The van der Waals surface area contributed by atoms with Gasteiger partial charge in [-0.25, -0.2) is 4.39 Å². The largest absolute Gasteiger partial charge is 0.294 e. The average molecular weight is 362 g/mol. The van der Waals surface area contributed by atoms with E-state index in [1.54, 1.807) is 24.3 Å². The summed E-state index contributed by atoms with van der Waals surface area (Å²) in [5.41, 5.74) is 0.615. The summed E-state index contributed by atoms with van der Waals surface area (Å²) in [6, 6.07) is 9.63. The summed E-state index contributed by atoms with van der Waals surface area (Å²) in [6.07, 6.45) is -0.0808. The number of ketones is 1. The molecule has 5 heteroatoms. The Bertz CT molecular complexity index is 643. The zero-order valence-corrected chi connectivity index (χ0v) is 12.7. The van der Waals surface area contributed by atoms with Gasteiger partial charge in [0.25, 0.3) is 0 Å². The SMILES string of the molecule is O=C(Cc1cccc(Cl)c1F)c1cccc(Br)c1Cl. The average Bonchev–Trinajstić information content (AvgIpc) is 2.38. The Balaban J connectivity index is 2.31. The molecule has 0 spiro atoms. The molecule has 0 aromatic heterocycles. The van der Waals surface area contributed by atoms with Crippen LogP contribution in [-0.2, 0) is 6.42 Å². The van der Waals surface area contributed by atoms with Crippen molar-refractivity contribution in [2.45, 2.75) is 6.42 Å². The van der Waals surface area contributed by atoms with Crippen LogP contribution in [0.3, 0.4) is 0 Å². The fraction of sp³-hybridized carbons (Fsp3) is 0.0714. The summed E-state index contributed by atoms with van der Waals surface area (Å²) < 4.78 is 14.4. The predicted octanol–water partition coefficient (Wildman–Crippen LogP) is 5.32. The smallest absolute Gasteiger partial charge is 0.168 e. The summed E-state index contributed by atoms with van der Waals surface area (Å²) in [4.78, 5) is 12.1. The Morgan fingerprint density at radius 3 is 2.58 bits per heavy atom. The number of Topliss-reactive ketones (excluding diaryl/α,β-unsaturated/α-hetero) is 1. The molecule has 0 aliphatic heterocycles. The highest BCUT2D eigenvalue weighted by molar-refractivity contribution is 9.10. The normalized spacial score (nSPS) is 10.5. The third-order valence-corrected chi connectivity index (χ3v) is 4.22. The molecule has 0 atom stereocenters. The molecule has 0 N–H and O–H groups in total. The minimum absolute atomic E-state index is 0.00522. The molecule has 0 bridgehead atoms. The van der Waals surface area contributed by atoms with Crippen LogP contribution >= 0.6 is 39.1 Å². The first-order valence-corrected chi connectivity index (χ1v) is 6.95. The molecule has 0 fully saturated rings. The standard InChI is InChI=1S/C14H8BrCl2FO/c15-10-5-2-4-9(13(10)17)12(19)7-8-3-1-6-11(16)14(8)18/h1-6H,7H2. The molecular formula is C14H8BrCl2FO. The van der Waals surface area contributed by atoms with E-state index in [-0.39, 0.29) is 22.8 Å². The number of hydrogen-bond donors (Lipinski definition) is 0. The van der Waals surface area contributed by atoms with Crippen molar-refractivity contribution >= 4 is 44.9 Å². The molecule has 0 amide bonds. The quantitative estimate of drug-likeness (QED) is 0.676. The van der Waals surface area contributed by atoms with Crippen molar-refractivity contribution in [2.75, 3.05) is 0 Å². The van der Waals surface area contributed by atoms with E-state index in [9.17, 15) is 9.18 Å². The van der Waals surface area contributed by atoms with Crippen LogP contribution in [0.2, 0.25) is 10.0 Å². The Labute approximate surface area is 128 Å². The van der Waals surface area contributed by atoms with Gasteiger partial charge in [0.2, 0.25) is 0 Å². The molecule has 19 heavy (non-hydrogen) atoms. The fourth-order valence-electron chi connectivity index (χ4n) is 1.67. The van der Waals surface area contributed by atoms with E-state index in [0.29, 0.717) is 15.1 Å². The van der Waals surface area contributed by atoms with Crippen molar-refractivity contribution in [1.29, 1.82) is 0 Å². The second-order valence-electron chi connectivity index (χ2n) is 3.91. The van der Waals surface area contributed by atoms with E-state index in [1.807, 2.05) is 0 Å². The van der Waals surface area contributed by atoms with E-state index in [0.717, 1.165) is 0 Å². The van der Waals surface area contributed by atoms with Gasteiger partial charge >= 0.3 is 0 Å². The summed E-state index contributed by atoms with van der Waals surface area (Å²) in [5, 5.41) is 0.334. The van der Waals surface area contributed by atoms with Gasteiger partial charge in [0.05, 0.1) is 10.0 Å². The van der Waals surface area contributed by atoms with Gasteiger partial charge < -0.3 is 0 Å². The van der Waals surface area contributed by atoms with Crippen LogP contribution in [0.25, 0.3) is 0 Å². The predicted molar refractivity (Wildman–Crippen MR) is 78.6 cm³/mol. The molecule has 1 nitrogen and oxygen atoms in total. The van der Waals surface area contributed by atoms with Crippen molar-refractivity contribution in [1.82, 2.24) is 0 Å². The maximum atomic E-state index is 13.7. The van der Waals surface area contributed by atoms with Gasteiger partial charge in [0, 0.05) is 16.5 Å². The minimum Gasteiger partial charge on any atom is -0.294 e. The van der Waals surface area contributed by atoms with Crippen molar-refractivity contribution in [3.8, 4) is 0 Å².